The molecule has 2 aliphatic rings. The number of hydrogen-bond donors (Lipinski definition) is 3. The zero-order chi connectivity index (χ0) is 24.3. The van der Waals surface area contributed by atoms with Crippen molar-refractivity contribution in [3.8, 4) is 6.07 Å². The molecule has 33 heavy (non-hydrogen) atoms. The van der Waals surface area contributed by atoms with Gasteiger partial charge in [-0.1, -0.05) is 11.8 Å². The highest BCUT2D eigenvalue weighted by Crippen LogP contribution is 2.30. The summed E-state index contributed by atoms with van der Waals surface area (Å²) in [5.74, 6) is 0.558. The molecule has 0 spiro atoms. The Kier molecular flexibility index (Phi) is 7.91. The summed E-state index contributed by atoms with van der Waals surface area (Å²) >= 11 is -1.92. The number of nitrogens with one attached hydrogen (secondary N) is 2. The number of nitrogens with two attached hydrogens (primary N) is 1. The Morgan fingerprint density at radius 1 is 1.55 bits per heavy atom. The lowest BCUT2D eigenvalue weighted by Crippen LogP contribution is -2.42. The van der Waals surface area contributed by atoms with Gasteiger partial charge in [-0.05, 0) is 43.0 Å². The van der Waals surface area contributed by atoms with Gasteiger partial charge in [0.1, 0.15) is 30.3 Å². The third kappa shape index (κ3) is 6.18. The number of nitriles is 1. The first-order valence-electron chi connectivity index (χ1n) is 9.97. The highest BCUT2D eigenvalue weighted by molar-refractivity contribution is 8.27. The van der Waals surface area contributed by atoms with Crippen LogP contribution in [0, 0.1) is 22.1 Å². The summed E-state index contributed by atoms with van der Waals surface area (Å²) in [6, 6.07) is 4.90. The summed E-state index contributed by atoms with van der Waals surface area (Å²) in [5, 5.41) is 27.3. The quantitative estimate of drug-likeness (QED) is 0.249. The van der Waals surface area contributed by atoms with Gasteiger partial charge in [-0.25, -0.2) is 4.52 Å². The fraction of sp³-hybridized carbons (Fsp3) is 0.474. The Labute approximate surface area is 198 Å². The lowest BCUT2D eigenvalue weighted by Gasteiger charge is -2.33. The van der Waals surface area contributed by atoms with Crippen molar-refractivity contribution >= 4 is 52.1 Å². The normalized spacial score (nSPS) is 20.8. The van der Waals surface area contributed by atoms with E-state index in [9.17, 15) is 13.2 Å². The summed E-state index contributed by atoms with van der Waals surface area (Å²) in [5.41, 5.74) is 5.55. The molecule has 4 N–H and O–H groups in total. The van der Waals surface area contributed by atoms with E-state index in [0.717, 1.165) is 12.8 Å². The van der Waals surface area contributed by atoms with Crippen molar-refractivity contribution in [2.45, 2.75) is 42.4 Å². The van der Waals surface area contributed by atoms with Gasteiger partial charge in [0.2, 0.25) is 0 Å². The summed E-state index contributed by atoms with van der Waals surface area (Å²) in [4.78, 5) is 2.01. The van der Waals surface area contributed by atoms with E-state index >= 15 is 0 Å². The van der Waals surface area contributed by atoms with Gasteiger partial charge < -0.3 is 19.9 Å². The van der Waals surface area contributed by atoms with Crippen LogP contribution in [0.1, 0.15) is 25.3 Å². The second-order valence-electron chi connectivity index (χ2n) is 7.73. The number of ether oxygens (including phenoxy) is 1. The van der Waals surface area contributed by atoms with Gasteiger partial charge in [-0.2, -0.15) is 10.4 Å². The van der Waals surface area contributed by atoms with Gasteiger partial charge in [0, 0.05) is 18.0 Å². The van der Waals surface area contributed by atoms with Crippen LogP contribution < -0.4 is 10.6 Å². The Bertz CT molecular complexity index is 1130. The Hall–Kier alpha value is -2.31. The Balaban J connectivity index is 0.000000442. The number of fused-ring (bicyclic) bond motifs is 1. The SMILES string of the molecule is N#CC1(N)CC1.[B]C(F)C(=N)SC(=N)c1cnn2c(N3CCOC(C)C3)cc(S(=O)[O-])cc12. The van der Waals surface area contributed by atoms with Crippen LogP contribution in [0.3, 0.4) is 0 Å². The first-order valence-corrected chi connectivity index (χ1v) is 11.9. The van der Waals surface area contributed by atoms with Crippen LogP contribution in [0.4, 0.5) is 10.2 Å². The third-order valence-electron chi connectivity index (χ3n) is 5.05. The summed E-state index contributed by atoms with van der Waals surface area (Å²) in [6.07, 6.45) is 1.18. The van der Waals surface area contributed by atoms with Crippen molar-refractivity contribution < 1.29 is 17.9 Å². The molecule has 3 heterocycles. The molecule has 0 bridgehead atoms. The van der Waals surface area contributed by atoms with E-state index in [2.05, 4.69) is 5.10 Å². The summed E-state index contributed by atoms with van der Waals surface area (Å²) < 4.78 is 43.3. The van der Waals surface area contributed by atoms with Crippen molar-refractivity contribution in [1.82, 2.24) is 9.61 Å². The van der Waals surface area contributed by atoms with E-state index < -0.39 is 27.7 Å². The number of halogens is 1. The number of aromatic nitrogens is 2. The average Bonchev–Trinajstić information content (AvgIpc) is 3.37. The maximum absolute atomic E-state index is 13.0. The molecule has 1 aliphatic heterocycles. The van der Waals surface area contributed by atoms with Crippen LogP contribution >= 0.6 is 11.8 Å². The predicted octanol–water partition coefficient (Wildman–Crippen LogP) is 1.30. The van der Waals surface area contributed by atoms with Crippen LogP contribution in [0.2, 0.25) is 0 Å². The minimum absolute atomic E-state index is 0.0226. The lowest BCUT2D eigenvalue weighted by atomic mass is 10.0. The smallest absolute Gasteiger partial charge is 0.132 e. The molecular weight excluding hydrogens is 468 g/mol. The molecule has 10 nitrogen and oxygen atoms in total. The topological polar surface area (TPSA) is 167 Å². The molecular formula is C19H22BFN7O3S2-. The fourth-order valence-electron chi connectivity index (χ4n) is 3.03. The van der Waals surface area contributed by atoms with Crippen LogP contribution in [-0.4, -0.2) is 73.7 Å². The predicted molar refractivity (Wildman–Crippen MR) is 125 cm³/mol. The molecule has 0 aromatic carbocycles. The Morgan fingerprint density at radius 3 is 2.76 bits per heavy atom. The second-order valence-corrected chi connectivity index (χ2v) is 9.72. The molecule has 3 unspecified atom stereocenters. The second kappa shape index (κ2) is 10.3. The first-order chi connectivity index (χ1) is 15.5. The largest absolute Gasteiger partial charge is 0.768 e. The molecule has 2 radical (unpaired) electrons. The molecule has 0 amide bonds. The highest BCUT2D eigenvalue weighted by Gasteiger charge is 2.38. The molecule has 14 heteroatoms. The molecule has 1 aliphatic carbocycles. The molecule has 1 saturated heterocycles. The number of nitrogens with zero attached hydrogens (tertiary/aromatic N) is 4. The average molecular weight is 490 g/mol. The molecule has 4 rings (SSSR count). The zero-order valence-electron chi connectivity index (χ0n) is 17.8. The van der Waals surface area contributed by atoms with Gasteiger partial charge >= 0.3 is 0 Å². The van der Waals surface area contributed by atoms with Crippen molar-refractivity contribution in [3.63, 3.8) is 0 Å². The molecule has 1 saturated carbocycles. The maximum atomic E-state index is 13.0. The van der Waals surface area contributed by atoms with E-state index in [1.165, 1.54) is 22.8 Å². The highest BCUT2D eigenvalue weighted by atomic mass is 32.2. The molecule has 174 valence electrons. The zero-order valence-corrected chi connectivity index (χ0v) is 19.4. The van der Waals surface area contributed by atoms with Crippen molar-refractivity contribution in [3.05, 3.63) is 23.9 Å². The number of alkyl halides is 1. The van der Waals surface area contributed by atoms with Gasteiger partial charge in [-0.3, -0.25) is 19.4 Å². The van der Waals surface area contributed by atoms with Gasteiger partial charge in [0.15, 0.2) is 0 Å². The number of pyridine rings is 1. The monoisotopic (exact) mass is 490 g/mol. The van der Waals surface area contributed by atoms with E-state index in [-0.39, 0.29) is 16.0 Å². The van der Waals surface area contributed by atoms with E-state index in [1.807, 2.05) is 17.9 Å². The number of anilines is 1. The minimum atomic E-state index is -2.48. The van der Waals surface area contributed by atoms with E-state index in [4.69, 9.17) is 34.4 Å². The fourth-order valence-corrected chi connectivity index (χ4v) is 4.04. The standard InChI is InChI=1S/C15H17BFN5O3S2.C4H6N2/c1-8-7-21(2-3-25-8)12-5-9(27(23)24)4-11-10(6-20-22(11)12)14(18)26-15(19)13(16)17;5-3-4(6)1-2-4/h4-6,8,13,18-19H,2-3,7H2,1H3,(H,23,24);1-2,6H2/p-1. The molecule has 2 aromatic heterocycles. The summed E-state index contributed by atoms with van der Waals surface area (Å²) in [6.45, 7) is 3.55. The van der Waals surface area contributed by atoms with Crippen LogP contribution in [0.15, 0.2) is 23.2 Å². The maximum Gasteiger partial charge on any atom is 0.132 e. The van der Waals surface area contributed by atoms with E-state index in [0.29, 0.717) is 48.4 Å². The third-order valence-corrected chi connectivity index (χ3v) is 6.54. The molecule has 2 fully saturated rings. The van der Waals surface area contributed by atoms with Crippen molar-refractivity contribution in [2.24, 2.45) is 5.73 Å². The van der Waals surface area contributed by atoms with Crippen molar-refractivity contribution in [2.75, 3.05) is 24.6 Å². The number of rotatable bonds is 4. The number of morpholine rings is 1. The van der Waals surface area contributed by atoms with Crippen LogP contribution in [0.5, 0.6) is 0 Å². The van der Waals surface area contributed by atoms with Crippen LogP contribution in [0.25, 0.3) is 5.52 Å². The summed E-state index contributed by atoms with van der Waals surface area (Å²) in [7, 11) is 5.02. The first kappa shape index (κ1) is 25.3. The van der Waals surface area contributed by atoms with Gasteiger partial charge in [0.25, 0.3) is 0 Å². The van der Waals surface area contributed by atoms with Gasteiger partial charge in [0.05, 0.1) is 41.1 Å². The van der Waals surface area contributed by atoms with Crippen LogP contribution in [-0.2, 0) is 15.8 Å². The van der Waals surface area contributed by atoms with E-state index in [1.54, 1.807) is 0 Å². The molecule has 2 aromatic rings. The lowest BCUT2D eigenvalue weighted by molar-refractivity contribution is 0.0528. The van der Waals surface area contributed by atoms with Crippen molar-refractivity contribution in [1.29, 1.82) is 16.1 Å². The Morgan fingerprint density at radius 2 is 2.24 bits per heavy atom. The van der Waals surface area contributed by atoms with Gasteiger partial charge in [-0.15, -0.1) is 0 Å². The number of thioether (sulfide) groups is 1. The minimum Gasteiger partial charge on any atom is -0.768 e. The molecule has 3 atom stereocenters. The number of hydrogen-bond acceptors (Lipinski definition) is 10.